The van der Waals surface area contributed by atoms with Crippen LogP contribution in [-0.2, 0) is 0 Å². The Labute approximate surface area is 52.5 Å². The first-order valence-electron chi connectivity index (χ1n) is 2.91. The van der Waals surface area contributed by atoms with E-state index in [1.54, 1.807) is 0 Å². The first-order valence-corrected chi connectivity index (χ1v) is 2.91. The first kappa shape index (κ1) is 24.7. The number of unbranched alkanes of at least 4 members (excludes halogenated alkanes) is 1. The molecule has 0 amide bonds. The SMILES string of the molecule is CC.CCCC.O.O. The van der Waals surface area contributed by atoms with Gasteiger partial charge < -0.3 is 11.0 Å². The third kappa shape index (κ3) is 169. The molecule has 4 N–H and O–H groups in total. The van der Waals surface area contributed by atoms with Crippen molar-refractivity contribution in [1.29, 1.82) is 0 Å². The third-order valence-electron chi connectivity index (χ3n) is 0.500. The van der Waals surface area contributed by atoms with E-state index in [1.807, 2.05) is 13.8 Å². The summed E-state index contributed by atoms with van der Waals surface area (Å²) < 4.78 is 0. The summed E-state index contributed by atoms with van der Waals surface area (Å²) in [6.45, 7) is 8.36. The molecule has 0 fully saturated rings. The number of hydrogen-bond donors (Lipinski definition) is 0. The van der Waals surface area contributed by atoms with E-state index in [4.69, 9.17) is 0 Å². The highest BCUT2D eigenvalue weighted by molar-refractivity contribution is 4.12. The molecule has 0 aromatic heterocycles. The van der Waals surface area contributed by atoms with Crippen LogP contribution in [0.3, 0.4) is 0 Å². The lowest BCUT2D eigenvalue weighted by Crippen LogP contribution is -1.47. The maximum absolute atomic E-state index is 2.18. The largest absolute Gasteiger partial charge is 0.412 e. The second-order valence-electron chi connectivity index (χ2n) is 1.000. The molecule has 0 aliphatic rings. The van der Waals surface area contributed by atoms with Gasteiger partial charge in [-0.15, -0.1) is 0 Å². The lowest BCUT2D eigenvalue weighted by molar-refractivity contribution is 0.823. The quantitative estimate of drug-likeness (QED) is 0.504. The maximum atomic E-state index is 2.18. The summed E-state index contributed by atoms with van der Waals surface area (Å²) in [6, 6.07) is 0. The zero-order valence-electron chi connectivity index (χ0n) is 6.41. The van der Waals surface area contributed by atoms with Gasteiger partial charge in [0.1, 0.15) is 0 Å². The standard InChI is InChI=1S/C4H10.C2H6.2H2O/c1-3-4-2;1-2;;/h3-4H2,1-2H3;1-2H3;2*1H2. The minimum absolute atomic E-state index is 0. The van der Waals surface area contributed by atoms with Gasteiger partial charge in [-0.3, -0.25) is 0 Å². The van der Waals surface area contributed by atoms with E-state index in [1.165, 1.54) is 12.8 Å². The summed E-state index contributed by atoms with van der Waals surface area (Å²) >= 11 is 0. The summed E-state index contributed by atoms with van der Waals surface area (Å²) in [6.07, 6.45) is 2.64. The maximum Gasteiger partial charge on any atom is -0.0564 e. The lowest BCUT2D eigenvalue weighted by atomic mass is 10.4. The Hall–Kier alpha value is -0.0800. The topological polar surface area (TPSA) is 63.0 Å². The molecule has 8 heavy (non-hydrogen) atoms. The predicted octanol–water partition coefficient (Wildman–Crippen LogP) is 1.18. The Bertz CT molecular complexity index is 8.49. The Morgan fingerprint density at radius 3 is 0.875 bits per heavy atom. The molecule has 2 nitrogen and oxygen atoms in total. The molecule has 0 aromatic rings. The van der Waals surface area contributed by atoms with Crippen molar-refractivity contribution in [3.05, 3.63) is 0 Å². The minimum Gasteiger partial charge on any atom is -0.412 e. The van der Waals surface area contributed by atoms with Gasteiger partial charge in [0.25, 0.3) is 0 Å². The van der Waals surface area contributed by atoms with E-state index < -0.39 is 0 Å². The Morgan fingerprint density at radius 1 is 0.750 bits per heavy atom. The van der Waals surface area contributed by atoms with Gasteiger partial charge in [-0.2, -0.15) is 0 Å². The van der Waals surface area contributed by atoms with Gasteiger partial charge in [-0.25, -0.2) is 0 Å². The van der Waals surface area contributed by atoms with E-state index in [0.29, 0.717) is 0 Å². The summed E-state index contributed by atoms with van der Waals surface area (Å²) in [5.74, 6) is 0. The molecule has 0 aliphatic heterocycles. The molecule has 56 valence electrons. The fourth-order valence-electron chi connectivity index (χ4n) is 0. The van der Waals surface area contributed by atoms with E-state index in [0.717, 1.165) is 0 Å². The van der Waals surface area contributed by atoms with E-state index in [2.05, 4.69) is 13.8 Å². The van der Waals surface area contributed by atoms with Crippen molar-refractivity contribution in [2.45, 2.75) is 40.5 Å². The Morgan fingerprint density at radius 2 is 0.875 bits per heavy atom. The van der Waals surface area contributed by atoms with Gasteiger partial charge in [0.2, 0.25) is 0 Å². The Kier molecular flexibility index (Phi) is 203. The van der Waals surface area contributed by atoms with Gasteiger partial charge in [0.05, 0.1) is 0 Å². The summed E-state index contributed by atoms with van der Waals surface area (Å²) in [5.41, 5.74) is 0. The molecule has 0 spiro atoms. The van der Waals surface area contributed by atoms with Crippen molar-refractivity contribution in [3.8, 4) is 0 Å². The summed E-state index contributed by atoms with van der Waals surface area (Å²) in [5, 5.41) is 0. The zero-order chi connectivity index (χ0) is 5.41. The normalized spacial score (nSPS) is 4.50. The summed E-state index contributed by atoms with van der Waals surface area (Å²) in [7, 11) is 0. The van der Waals surface area contributed by atoms with Crippen LogP contribution in [-0.4, -0.2) is 11.0 Å². The fraction of sp³-hybridized carbons (Fsp3) is 1.00. The Balaban J connectivity index is -0.0000000183. The number of rotatable bonds is 1. The number of hydrogen-bond acceptors (Lipinski definition) is 0. The average Bonchev–Trinajstić information content (AvgIpc) is 1.72. The second kappa shape index (κ2) is 65.8. The van der Waals surface area contributed by atoms with Crippen LogP contribution in [0.4, 0.5) is 0 Å². The lowest BCUT2D eigenvalue weighted by Gasteiger charge is -1.68. The van der Waals surface area contributed by atoms with Gasteiger partial charge in [-0.05, 0) is 0 Å². The molecule has 0 rings (SSSR count). The highest BCUT2D eigenvalue weighted by Crippen LogP contribution is 1.76. The smallest absolute Gasteiger partial charge is 0.0564 e. The molecular formula is C6H20O2. The molecule has 0 aliphatic carbocycles. The van der Waals surface area contributed by atoms with Crippen LogP contribution >= 0.6 is 0 Å². The fourth-order valence-corrected chi connectivity index (χ4v) is 0. The van der Waals surface area contributed by atoms with Crippen LogP contribution in [0.1, 0.15) is 40.5 Å². The van der Waals surface area contributed by atoms with Crippen LogP contribution in [0.15, 0.2) is 0 Å². The highest BCUT2D eigenvalue weighted by Gasteiger charge is 1.56. The molecular weight excluding hydrogens is 104 g/mol. The minimum atomic E-state index is 0. The average molecular weight is 124 g/mol. The molecule has 0 aromatic carbocycles. The van der Waals surface area contributed by atoms with Gasteiger partial charge >= 0.3 is 0 Å². The van der Waals surface area contributed by atoms with Crippen LogP contribution in [0, 0.1) is 0 Å². The van der Waals surface area contributed by atoms with Crippen molar-refractivity contribution < 1.29 is 11.0 Å². The van der Waals surface area contributed by atoms with Crippen molar-refractivity contribution in [1.82, 2.24) is 0 Å². The second-order valence-corrected chi connectivity index (χ2v) is 1.000. The molecule has 0 saturated heterocycles. The monoisotopic (exact) mass is 124 g/mol. The van der Waals surface area contributed by atoms with Crippen molar-refractivity contribution >= 4 is 0 Å². The molecule has 0 radical (unpaired) electrons. The molecule has 0 bridgehead atoms. The van der Waals surface area contributed by atoms with Gasteiger partial charge in [-0.1, -0.05) is 40.5 Å². The van der Waals surface area contributed by atoms with Crippen LogP contribution in [0.25, 0.3) is 0 Å². The highest BCUT2D eigenvalue weighted by atomic mass is 16.0. The van der Waals surface area contributed by atoms with E-state index >= 15 is 0 Å². The van der Waals surface area contributed by atoms with Gasteiger partial charge in [0, 0.05) is 0 Å². The van der Waals surface area contributed by atoms with Gasteiger partial charge in [0.15, 0.2) is 0 Å². The summed E-state index contributed by atoms with van der Waals surface area (Å²) in [4.78, 5) is 0. The van der Waals surface area contributed by atoms with Crippen LogP contribution in [0.5, 0.6) is 0 Å². The van der Waals surface area contributed by atoms with Crippen molar-refractivity contribution in [2.75, 3.05) is 0 Å². The van der Waals surface area contributed by atoms with Crippen LogP contribution < -0.4 is 0 Å². The molecule has 0 atom stereocenters. The predicted molar refractivity (Wildman–Crippen MR) is 39.2 cm³/mol. The molecule has 0 unspecified atom stereocenters. The van der Waals surface area contributed by atoms with Crippen LogP contribution in [0.2, 0.25) is 0 Å². The molecule has 0 heterocycles. The molecule has 0 saturated carbocycles. The zero-order valence-corrected chi connectivity index (χ0v) is 6.41. The van der Waals surface area contributed by atoms with Crippen molar-refractivity contribution in [3.63, 3.8) is 0 Å². The third-order valence-corrected chi connectivity index (χ3v) is 0.500. The van der Waals surface area contributed by atoms with E-state index in [9.17, 15) is 0 Å². The van der Waals surface area contributed by atoms with E-state index in [-0.39, 0.29) is 11.0 Å². The molecule has 2 heteroatoms. The van der Waals surface area contributed by atoms with Crippen molar-refractivity contribution in [2.24, 2.45) is 0 Å². The first-order chi connectivity index (χ1) is 2.91.